The molecule has 0 spiro atoms. The molecule has 0 bridgehead atoms. The molecule has 2 aromatic rings. The van der Waals surface area contributed by atoms with Gasteiger partial charge in [-0.05, 0) is 35.7 Å². The fraction of sp³-hybridized carbons (Fsp3) is 0.188. The predicted octanol–water partition coefficient (Wildman–Crippen LogP) is 3.09. The Morgan fingerprint density at radius 1 is 1.15 bits per heavy atom. The van der Waals surface area contributed by atoms with Crippen LogP contribution in [0.5, 0.6) is 0 Å². The highest BCUT2D eigenvalue weighted by molar-refractivity contribution is 5.88. The van der Waals surface area contributed by atoms with Gasteiger partial charge >= 0.3 is 5.97 Å². The number of benzene rings is 2. The smallest absolute Gasteiger partial charge is 0.335 e. The summed E-state index contributed by atoms with van der Waals surface area (Å²) in [5, 5.41) is 9.00. The van der Waals surface area contributed by atoms with E-state index < -0.39 is 11.8 Å². The normalized spacial score (nSPS) is 13.9. The molecule has 0 amide bonds. The van der Waals surface area contributed by atoms with Crippen LogP contribution >= 0.6 is 0 Å². The predicted molar refractivity (Wildman–Crippen MR) is 74.6 cm³/mol. The van der Waals surface area contributed by atoms with Crippen LogP contribution in [-0.4, -0.2) is 17.6 Å². The Labute approximate surface area is 116 Å². The number of rotatable bonds is 2. The number of anilines is 1. The van der Waals surface area contributed by atoms with E-state index in [2.05, 4.69) is 12.1 Å². The van der Waals surface area contributed by atoms with Gasteiger partial charge in [0.25, 0.3) is 0 Å². The number of nitrogens with zero attached hydrogens (tertiary/aromatic N) is 1. The highest BCUT2D eigenvalue weighted by Crippen LogP contribution is 2.26. The summed E-state index contributed by atoms with van der Waals surface area (Å²) < 4.78 is 13.5. The average Bonchev–Trinajstić information content (AvgIpc) is 2.46. The van der Waals surface area contributed by atoms with Gasteiger partial charge in [-0.15, -0.1) is 0 Å². The number of carboxylic acid groups (broad SMARTS) is 1. The molecule has 4 heteroatoms. The second-order valence-electron chi connectivity index (χ2n) is 4.94. The van der Waals surface area contributed by atoms with Crippen molar-refractivity contribution in [1.29, 1.82) is 0 Å². The van der Waals surface area contributed by atoms with E-state index in [1.165, 1.54) is 23.3 Å². The Balaban J connectivity index is 1.93. The topological polar surface area (TPSA) is 40.5 Å². The maximum absolute atomic E-state index is 13.5. The number of halogens is 1. The zero-order chi connectivity index (χ0) is 14.1. The molecule has 0 fully saturated rings. The molecule has 0 aliphatic carbocycles. The molecule has 0 saturated heterocycles. The molecule has 2 aromatic carbocycles. The number of aromatic carboxylic acids is 1. The van der Waals surface area contributed by atoms with E-state index in [1.54, 1.807) is 0 Å². The lowest BCUT2D eigenvalue weighted by molar-refractivity contribution is 0.0696. The fourth-order valence-electron chi connectivity index (χ4n) is 2.60. The Hall–Kier alpha value is -2.36. The highest BCUT2D eigenvalue weighted by Gasteiger charge is 2.18. The first kappa shape index (κ1) is 12.7. The van der Waals surface area contributed by atoms with E-state index in [9.17, 15) is 9.18 Å². The zero-order valence-electron chi connectivity index (χ0n) is 10.8. The number of carboxylic acids is 1. The van der Waals surface area contributed by atoms with Crippen molar-refractivity contribution in [1.82, 2.24) is 0 Å². The van der Waals surface area contributed by atoms with Crippen molar-refractivity contribution in [2.75, 3.05) is 11.4 Å². The van der Waals surface area contributed by atoms with E-state index in [1.807, 2.05) is 17.0 Å². The number of hydrogen-bond donors (Lipinski definition) is 1. The van der Waals surface area contributed by atoms with Crippen molar-refractivity contribution < 1.29 is 14.3 Å². The van der Waals surface area contributed by atoms with Crippen LogP contribution in [0.4, 0.5) is 10.1 Å². The quantitative estimate of drug-likeness (QED) is 0.912. The van der Waals surface area contributed by atoms with Crippen molar-refractivity contribution in [3.8, 4) is 0 Å². The van der Waals surface area contributed by atoms with Gasteiger partial charge in [0, 0.05) is 18.8 Å². The van der Waals surface area contributed by atoms with Crippen molar-refractivity contribution in [3.63, 3.8) is 0 Å². The van der Waals surface area contributed by atoms with Crippen LogP contribution in [-0.2, 0) is 13.0 Å². The third kappa shape index (κ3) is 2.37. The molecular formula is C16H14FNO2. The van der Waals surface area contributed by atoms with Gasteiger partial charge in [0.1, 0.15) is 5.82 Å². The van der Waals surface area contributed by atoms with Gasteiger partial charge < -0.3 is 10.0 Å². The van der Waals surface area contributed by atoms with Gasteiger partial charge in [0.05, 0.1) is 5.56 Å². The van der Waals surface area contributed by atoms with Crippen LogP contribution in [0.25, 0.3) is 0 Å². The molecule has 0 unspecified atom stereocenters. The molecule has 0 aromatic heterocycles. The lowest BCUT2D eigenvalue weighted by Crippen LogP contribution is -2.30. The van der Waals surface area contributed by atoms with Crippen LogP contribution in [0.3, 0.4) is 0 Å². The number of hydrogen-bond acceptors (Lipinski definition) is 2. The minimum atomic E-state index is -1.11. The average molecular weight is 271 g/mol. The molecule has 0 saturated carbocycles. The van der Waals surface area contributed by atoms with E-state index in [4.69, 9.17) is 5.11 Å². The SMILES string of the molecule is O=C(O)c1cc(F)cc(N2CCc3ccccc3C2)c1. The Morgan fingerprint density at radius 3 is 2.65 bits per heavy atom. The molecule has 1 heterocycles. The summed E-state index contributed by atoms with van der Waals surface area (Å²) in [6, 6.07) is 12.1. The Bertz CT molecular complexity index is 669. The first-order valence-electron chi connectivity index (χ1n) is 6.49. The van der Waals surface area contributed by atoms with Gasteiger partial charge in [0.2, 0.25) is 0 Å². The van der Waals surface area contributed by atoms with Crippen LogP contribution in [0.15, 0.2) is 42.5 Å². The van der Waals surface area contributed by atoms with E-state index in [0.29, 0.717) is 12.2 Å². The summed E-state index contributed by atoms with van der Waals surface area (Å²) in [6.07, 6.45) is 0.884. The summed E-state index contributed by atoms with van der Waals surface area (Å²) in [7, 11) is 0. The summed E-state index contributed by atoms with van der Waals surface area (Å²) >= 11 is 0. The maximum Gasteiger partial charge on any atom is 0.335 e. The van der Waals surface area contributed by atoms with E-state index in [-0.39, 0.29) is 5.56 Å². The second-order valence-corrected chi connectivity index (χ2v) is 4.94. The Kier molecular flexibility index (Phi) is 3.14. The van der Waals surface area contributed by atoms with Crippen molar-refractivity contribution in [2.24, 2.45) is 0 Å². The molecular weight excluding hydrogens is 257 g/mol. The highest BCUT2D eigenvalue weighted by atomic mass is 19.1. The van der Waals surface area contributed by atoms with Crippen LogP contribution < -0.4 is 4.90 Å². The van der Waals surface area contributed by atoms with E-state index in [0.717, 1.165) is 19.0 Å². The van der Waals surface area contributed by atoms with Gasteiger partial charge in [-0.25, -0.2) is 9.18 Å². The molecule has 0 radical (unpaired) electrons. The summed E-state index contributed by atoms with van der Waals surface area (Å²) in [5.41, 5.74) is 3.12. The van der Waals surface area contributed by atoms with Gasteiger partial charge in [-0.2, -0.15) is 0 Å². The van der Waals surface area contributed by atoms with Crippen molar-refractivity contribution >= 4 is 11.7 Å². The third-order valence-corrected chi connectivity index (χ3v) is 3.63. The first-order chi connectivity index (χ1) is 9.63. The number of carbonyl (C=O) groups is 1. The second kappa shape index (κ2) is 4.96. The van der Waals surface area contributed by atoms with Gasteiger partial charge in [-0.1, -0.05) is 24.3 Å². The maximum atomic E-state index is 13.5. The summed E-state index contributed by atoms with van der Waals surface area (Å²) in [6.45, 7) is 1.44. The Morgan fingerprint density at radius 2 is 1.90 bits per heavy atom. The monoisotopic (exact) mass is 271 g/mol. The molecule has 1 aliphatic rings. The standard InChI is InChI=1S/C16H14FNO2/c17-14-7-13(16(19)20)8-15(9-14)18-6-5-11-3-1-2-4-12(11)10-18/h1-4,7-9H,5-6,10H2,(H,19,20). The zero-order valence-corrected chi connectivity index (χ0v) is 10.8. The van der Waals surface area contributed by atoms with Crippen LogP contribution in [0.1, 0.15) is 21.5 Å². The lowest BCUT2D eigenvalue weighted by atomic mass is 9.99. The van der Waals surface area contributed by atoms with Crippen LogP contribution in [0.2, 0.25) is 0 Å². The van der Waals surface area contributed by atoms with Gasteiger partial charge in [0.15, 0.2) is 0 Å². The molecule has 3 nitrogen and oxygen atoms in total. The lowest BCUT2D eigenvalue weighted by Gasteiger charge is -2.31. The largest absolute Gasteiger partial charge is 0.478 e. The molecule has 3 rings (SSSR count). The molecule has 1 aliphatic heterocycles. The van der Waals surface area contributed by atoms with Crippen molar-refractivity contribution in [2.45, 2.75) is 13.0 Å². The fourth-order valence-corrected chi connectivity index (χ4v) is 2.60. The summed E-state index contributed by atoms with van der Waals surface area (Å²) in [5.74, 6) is -1.62. The molecule has 0 atom stereocenters. The van der Waals surface area contributed by atoms with Gasteiger partial charge in [-0.3, -0.25) is 0 Å². The minimum absolute atomic E-state index is 0.0149. The molecule has 20 heavy (non-hydrogen) atoms. The van der Waals surface area contributed by atoms with Crippen molar-refractivity contribution in [3.05, 3.63) is 65.0 Å². The minimum Gasteiger partial charge on any atom is -0.478 e. The van der Waals surface area contributed by atoms with E-state index >= 15 is 0 Å². The summed E-state index contributed by atoms with van der Waals surface area (Å²) in [4.78, 5) is 13.0. The van der Waals surface area contributed by atoms with Crippen LogP contribution in [0, 0.1) is 5.82 Å². The number of fused-ring (bicyclic) bond motifs is 1. The third-order valence-electron chi connectivity index (χ3n) is 3.63. The first-order valence-corrected chi connectivity index (χ1v) is 6.49. The molecule has 102 valence electrons. The molecule has 1 N–H and O–H groups in total.